The molecule has 0 spiro atoms. The first-order valence-electron chi connectivity index (χ1n) is 10.7. The lowest BCUT2D eigenvalue weighted by Crippen LogP contribution is -2.35. The summed E-state index contributed by atoms with van der Waals surface area (Å²) in [6.45, 7) is 4.47. The Kier molecular flexibility index (Phi) is 5.53. The number of hydrogen-bond acceptors (Lipinski definition) is 6. The number of nitrogens with zero attached hydrogens (tertiary/aromatic N) is 2. The van der Waals surface area contributed by atoms with Crippen molar-refractivity contribution in [3.8, 4) is 22.3 Å². The second kappa shape index (κ2) is 8.63. The van der Waals surface area contributed by atoms with E-state index in [1.54, 1.807) is 18.1 Å². The zero-order valence-electron chi connectivity index (χ0n) is 18.0. The minimum absolute atomic E-state index is 0.261. The van der Waals surface area contributed by atoms with E-state index in [0.717, 1.165) is 55.2 Å². The van der Waals surface area contributed by atoms with E-state index >= 15 is 0 Å². The van der Waals surface area contributed by atoms with Crippen LogP contribution in [0, 0.1) is 0 Å². The summed E-state index contributed by atoms with van der Waals surface area (Å²) < 4.78 is 5.44. The predicted molar refractivity (Wildman–Crippen MR) is 126 cm³/mol. The number of hydrogen-bond donors (Lipinski definition) is 3. The Balaban J connectivity index is 1.40. The van der Waals surface area contributed by atoms with Gasteiger partial charge in [-0.15, -0.1) is 5.53 Å². The number of ether oxygens (including phenoxy) is 1. The number of carbonyl (C=O) groups is 1. The fourth-order valence-electron chi connectivity index (χ4n) is 4.34. The summed E-state index contributed by atoms with van der Waals surface area (Å²) >= 11 is 0. The van der Waals surface area contributed by atoms with E-state index in [2.05, 4.69) is 52.3 Å². The first-order chi connectivity index (χ1) is 15.6. The Bertz CT molecular complexity index is 1140. The Morgan fingerprint density at radius 2 is 1.69 bits per heavy atom. The summed E-state index contributed by atoms with van der Waals surface area (Å²) in [5, 5.41) is 11.4. The second-order valence-corrected chi connectivity index (χ2v) is 8.19. The van der Waals surface area contributed by atoms with Crippen LogP contribution in [-0.2, 0) is 11.3 Å². The standard InChI is InChI=1S/C25H26N4O3/c1-28-24-22(25(30)31)14-21(15-23(24)26-27-28)19-7-5-18(6-8-19)20-4-2-3-17(13-20)16-29-9-11-32-12-10-29/h2-8,13-15,26-27H,9-12,16H2,1H3,(H,30,31). The lowest BCUT2D eigenvalue weighted by atomic mass is 9.97. The first kappa shape index (κ1) is 20.5. The van der Waals surface area contributed by atoms with E-state index in [-0.39, 0.29) is 5.56 Å². The van der Waals surface area contributed by atoms with Crippen LogP contribution in [-0.4, -0.2) is 49.3 Å². The van der Waals surface area contributed by atoms with E-state index in [1.807, 2.05) is 18.2 Å². The van der Waals surface area contributed by atoms with Crippen LogP contribution in [0.4, 0.5) is 11.4 Å². The molecule has 164 valence electrons. The Labute approximate surface area is 187 Å². The van der Waals surface area contributed by atoms with E-state index in [0.29, 0.717) is 5.69 Å². The van der Waals surface area contributed by atoms with Crippen molar-refractivity contribution in [3.63, 3.8) is 0 Å². The third kappa shape index (κ3) is 4.05. The van der Waals surface area contributed by atoms with Gasteiger partial charge in [-0.25, -0.2) is 4.79 Å². The third-order valence-corrected chi connectivity index (χ3v) is 6.02. The summed E-state index contributed by atoms with van der Waals surface area (Å²) in [4.78, 5) is 14.2. The molecule has 0 radical (unpaired) electrons. The molecule has 0 unspecified atom stereocenters. The number of morpholine rings is 1. The molecule has 0 aromatic heterocycles. The minimum atomic E-state index is -0.950. The van der Waals surface area contributed by atoms with Gasteiger partial charge in [-0.05, 0) is 46.0 Å². The quantitative estimate of drug-likeness (QED) is 0.568. The molecule has 0 amide bonds. The van der Waals surface area contributed by atoms with E-state index in [9.17, 15) is 9.90 Å². The number of hydrazine groups is 2. The van der Waals surface area contributed by atoms with Gasteiger partial charge in [-0.2, -0.15) is 0 Å². The van der Waals surface area contributed by atoms with Crippen LogP contribution >= 0.6 is 0 Å². The van der Waals surface area contributed by atoms with Crippen LogP contribution in [0.25, 0.3) is 22.3 Å². The maximum absolute atomic E-state index is 11.8. The molecule has 3 N–H and O–H groups in total. The lowest BCUT2D eigenvalue weighted by molar-refractivity contribution is 0.0342. The number of carboxylic acid groups (broad SMARTS) is 1. The molecule has 0 bridgehead atoms. The highest BCUT2D eigenvalue weighted by molar-refractivity contribution is 6.01. The summed E-state index contributed by atoms with van der Waals surface area (Å²) in [6.07, 6.45) is 0. The third-order valence-electron chi connectivity index (χ3n) is 6.02. The number of fused-ring (bicyclic) bond motifs is 1. The average Bonchev–Trinajstić information content (AvgIpc) is 3.20. The molecule has 3 aromatic rings. The van der Waals surface area contributed by atoms with Gasteiger partial charge < -0.3 is 15.3 Å². The Morgan fingerprint density at radius 1 is 0.969 bits per heavy atom. The topological polar surface area (TPSA) is 77.1 Å². The van der Waals surface area contributed by atoms with Gasteiger partial charge in [0.15, 0.2) is 0 Å². The van der Waals surface area contributed by atoms with Gasteiger partial charge in [0, 0.05) is 26.7 Å². The van der Waals surface area contributed by atoms with Crippen molar-refractivity contribution in [2.45, 2.75) is 6.54 Å². The maximum atomic E-state index is 11.8. The SMILES string of the molecule is CN1NNc2cc(-c3ccc(-c4cccc(CN5CCOCC5)c4)cc3)cc(C(=O)O)c21. The van der Waals surface area contributed by atoms with E-state index < -0.39 is 5.97 Å². The smallest absolute Gasteiger partial charge is 0.337 e. The summed E-state index contributed by atoms with van der Waals surface area (Å²) in [6, 6.07) is 20.6. The van der Waals surface area contributed by atoms with Gasteiger partial charge >= 0.3 is 5.97 Å². The van der Waals surface area contributed by atoms with Crippen molar-refractivity contribution in [3.05, 3.63) is 71.8 Å². The van der Waals surface area contributed by atoms with Gasteiger partial charge in [0.25, 0.3) is 0 Å². The van der Waals surface area contributed by atoms with Crippen LogP contribution in [0.2, 0.25) is 0 Å². The Morgan fingerprint density at radius 3 is 2.41 bits per heavy atom. The van der Waals surface area contributed by atoms with Gasteiger partial charge in [0.2, 0.25) is 0 Å². The van der Waals surface area contributed by atoms with Crippen LogP contribution in [0.5, 0.6) is 0 Å². The number of anilines is 2. The number of nitrogens with one attached hydrogen (secondary N) is 2. The molecule has 1 saturated heterocycles. The number of aromatic carboxylic acids is 1. The Hall–Kier alpha value is -3.39. The highest BCUT2D eigenvalue weighted by Gasteiger charge is 2.24. The van der Waals surface area contributed by atoms with Gasteiger partial charge in [-0.1, -0.05) is 42.5 Å². The average molecular weight is 431 g/mol. The van der Waals surface area contributed by atoms with Crippen molar-refractivity contribution < 1.29 is 14.6 Å². The molecule has 0 aliphatic carbocycles. The van der Waals surface area contributed by atoms with Crippen LogP contribution in [0.3, 0.4) is 0 Å². The predicted octanol–water partition coefficient (Wildman–Crippen LogP) is 3.83. The van der Waals surface area contributed by atoms with Crippen molar-refractivity contribution in [2.75, 3.05) is 43.8 Å². The fourth-order valence-corrected chi connectivity index (χ4v) is 4.34. The minimum Gasteiger partial charge on any atom is -0.478 e. The van der Waals surface area contributed by atoms with E-state index in [1.165, 1.54) is 11.1 Å². The zero-order chi connectivity index (χ0) is 22.1. The maximum Gasteiger partial charge on any atom is 0.337 e. The van der Waals surface area contributed by atoms with Crippen molar-refractivity contribution in [1.82, 2.24) is 10.4 Å². The molecule has 7 nitrogen and oxygen atoms in total. The fraction of sp³-hybridized carbons (Fsp3) is 0.240. The van der Waals surface area contributed by atoms with Crippen molar-refractivity contribution in [2.24, 2.45) is 0 Å². The number of carboxylic acids is 1. The molecule has 2 aliphatic rings. The molecular formula is C25H26N4O3. The highest BCUT2D eigenvalue weighted by atomic mass is 16.5. The molecule has 2 heterocycles. The number of benzene rings is 3. The lowest BCUT2D eigenvalue weighted by Gasteiger charge is -2.26. The summed E-state index contributed by atoms with van der Waals surface area (Å²) in [5.74, 6) is -0.950. The second-order valence-electron chi connectivity index (χ2n) is 8.19. The van der Waals surface area contributed by atoms with Crippen molar-refractivity contribution in [1.29, 1.82) is 0 Å². The van der Waals surface area contributed by atoms with Crippen molar-refractivity contribution >= 4 is 17.3 Å². The van der Waals surface area contributed by atoms with Gasteiger partial charge in [0.1, 0.15) is 0 Å². The molecule has 3 aromatic carbocycles. The zero-order valence-corrected chi connectivity index (χ0v) is 18.0. The summed E-state index contributed by atoms with van der Waals surface area (Å²) in [5.41, 5.74) is 13.1. The normalized spacial score (nSPS) is 16.0. The van der Waals surface area contributed by atoms with Gasteiger partial charge in [0.05, 0.1) is 30.2 Å². The number of rotatable bonds is 5. The molecule has 0 atom stereocenters. The highest BCUT2D eigenvalue weighted by Crippen LogP contribution is 2.37. The van der Waals surface area contributed by atoms with Gasteiger partial charge in [-0.3, -0.25) is 9.91 Å². The molecule has 1 fully saturated rings. The molecule has 2 aliphatic heterocycles. The largest absolute Gasteiger partial charge is 0.478 e. The van der Waals surface area contributed by atoms with Crippen LogP contribution in [0.15, 0.2) is 60.7 Å². The molecule has 7 heteroatoms. The molecular weight excluding hydrogens is 404 g/mol. The first-order valence-corrected chi connectivity index (χ1v) is 10.7. The molecule has 5 rings (SSSR count). The van der Waals surface area contributed by atoms with Crippen LogP contribution in [0.1, 0.15) is 15.9 Å². The van der Waals surface area contributed by atoms with E-state index in [4.69, 9.17) is 4.74 Å². The van der Waals surface area contributed by atoms with Crippen LogP contribution < -0.4 is 16.0 Å². The molecule has 32 heavy (non-hydrogen) atoms. The molecule has 0 saturated carbocycles. The summed E-state index contributed by atoms with van der Waals surface area (Å²) in [7, 11) is 1.78. The monoisotopic (exact) mass is 430 g/mol.